The molecule has 3 rings (SSSR count). The minimum absolute atomic E-state index is 0.0537. The number of carboxylic acids is 1. The van der Waals surface area contributed by atoms with E-state index in [0.29, 0.717) is 16.1 Å². The Kier molecular flexibility index (Phi) is 6.31. The van der Waals surface area contributed by atoms with Crippen molar-refractivity contribution in [2.75, 3.05) is 25.2 Å². The SMILES string of the molecule is CO/N=C(\C(=O)N[C@H]1C(=O)N2C(C(=O)O)=C(COC(C)=O)CS[C@H]12)c1csc(N)c1. The van der Waals surface area contributed by atoms with E-state index < -0.39 is 35.2 Å². The van der Waals surface area contributed by atoms with Crippen molar-refractivity contribution in [2.45, 2.75) is 18.3 Å². The summed E-state index contributed by atoms with van der Waals surface area (Å²) in [5.41, 5.74) is 6.16. The Bertz CT molecular complexity index is 971. The minimum atomic E-state index is -1.31. The Hall–Kier alpha value is -3.06. The fraction of sp³-hybridized carbons (Fsp3) is 0.353. The van der Waals surface area contributed by atoms with Crippen LogP contribution in [0.4, 0.5) is 5.00 Å². The van der Waals surface area contributed by atoms with E-state index in [0.717, 1.165) is 4.90 Å². The van der Waals surface area contributed by atoms with Crippen molar-refractivity contribution < 1.29 is 33.9 Å². The Morgan fingerprint density at radius 3 is 2.73 bits per heavy atom. The molecule has 0 spiro atoms. The van der Waals surface area contributed by atoms with E-state index in [1.54, 1.807) is 11.4 Å². The highest BCUT2D eigenvalue weighted by atomic mass is 32.2. The summed E-state index contributed by atoms with van der Waals surface area (Å²) < 4.78 is 4.89. The lowest BCUT2D eigenvalue weighted by Gasteiger charge is -2.49. The number of nitrogen functional groups attached to an aromatic ring is 1. The number of ether oxygens (including phenoxy) is 1. The molecule has 0 aliphatic carbocycles. The van der Waals surface area contributed by atoms with Gasteiger partial charge in [0.05, 0.1) is 5.00 Å². The Labute approximate surface area is 178 Å². The van der Waals surface area contributed by atoms with Crippen LogP contribution in [0, 0.1) is 0 Å². The molecule has 1 fully saturated rings. The van der Waals surface area contributed by atoms with Crippen molar-refractivity contribution in [3.63, 3.8) is 0 Å². The molecule has 2 aliphatic rings. The number of thiophene rings is 1. The fourth-order valence-corrected chi connectivity index (χ4v) is 4.95. The zero-order chi connectivity index (χ0) is 22.0. The van der Waals surface area contributed by atoms with Crippen LogP contribution < -0.4 is 11.1 Å². The normalized spacial score (nSPS) is 20.9. The van der Waals surface area contributed by atoms with Crippen LogP contribution in [0.2, 0.25) is 0 Å². The molecule has 4 N–H and O–H groups in total. The van der Waals surface area contributed by atoms with Crippen LogP contribution in [-0.4, -0.2) is 70.4 Å². The number of carbonyl (C=O) groups excluding carboxylic acids is 3. The highest BCUT2D eigenvalue weighted by Gasteiger charge is 2.54. The number of nitrogens with one attached hydrogen (secondary N) is 1. The van der Waals surface area contributed by atoms with E-state index in [-0.39, 0.29) is 23.8 Å². The third kappa shape index (κ3) is 4.11. The number of hydrogen-bond acceptors (Lipinski definition) is 10. The Morgan fingerprint density at radius 2 is 2.17 bits per heavy atom. The first kappa shape index (κ1) is 21.6. The summed E-state index contributed by atoms with van der Waals surface area (Å²) in [6.45, 7) is 0.988. The van der Waals surface area contributed by atoms with Gasteiger partial charge in [0.15, 0.2) is 5.71 Å². The van der Waals surface area contributed by atoms with Gasteiger partial charge in [-0.25, -0.2) is 4.79 Å². The number of rotatable bonds is 7. The summed E-state index contributed by atoms with van der Waals surface area (Å²) in [4.78, 5) is 53.9. The van der Waals surface area contributed by atoms with Gasteiger partial charge in [-0.15, -0.1) is 23.1 Å². The van der Waals surface area contributed by atoms with E-state index in [9.17, 15) is 24.3 Å². The van der Waals surface area contributed by atoms with Gasteiger partial charge in [-0.05, 0) is 6.07 Å². The number of amides is 2. The molecule has 2 atom stereocenters. The van der Waals surface area contributed by atoms with Gasteiger partial charge in [-0.2, -0.15) is 0 Å². The molecular weight excluding hydrogens is 436 g/mol. The second kappa shape index (κ2) is 8.75. The molecule has 11 nitrogen and oxygen atoms in total. The van der Waals surface area contributed by atoms with Crippen molar-refractivity contribution >= 4 is 57.6 Å². The van der Waals surface area contributed by atoms with Crippen molar-refractivity contribution in [3.8, 4) is 0 Å². The average Bonchev–Trinajstić information content (AvgIpc) is 3.13. The van der Waals surface area contributed by atoms with E-state index >= 15 is 0 Å². The first-order valence-electron chi connectivity index (χ1n) is 8.54. The summed E-state index contributed by atoms with van der Waals surface area (Å²) in [6, 6.07) is 0.615. The number of β-lactam (4-membered cyclic amide) rings is 1. The van der Waals surface area contributed by atoms with E-state index in [1.165, 1.54) is 37.1 Å². The minimum Gasteiger partial charge on any atom is -0.477 e. The predicted molar refractivity (Wildman–Crippen MR) is 109 cm³/mol. The summed E-state index contributed by atoms with van der Waals surface area (Å²) in [6.07, 6.45) is 0. The van der Waals surface area contributed by atoms with Crippen molar-refractivity contribution in [1.29, 1.82) is 0 Å². The predicted octanol–water partition coefficient (Wildman–Crippen LogP) is -0.0175. The van der Waals surface area contributed by atoms with Crippen LogP contribution in [0.15, 0.2) is 27.9 Å². The van der Waals surface area contributed by atoms with Gasteiger partial charge < -0.3 is 25.7 Å². The summed E-state index contributed by atoms with van der Waals surface area (Å²) in [5.74, 6) is -2.87. The first-order valence-corrected chi connectivity index (χ1v) is 10.5. The average molecular weight is 454 g/mol. The second-order valence-corrected chi connectivity index (χ2v) is 8.31. The van der Waals surface area contributed by atoms with E-state index in [2.05, 4.69) is 10.5 Å². The van der Waals surface area contributed by atoms with Gasteiger partial charge in [0.1, 0.15) is 30.8 Å². The zero-order valence-electron chi connectivity index (χ0n) is 15.9. The van der Waals surface area contributed by atoms with Crippen LogP contribution in [0.5, 0.6) is 0 Å². The molecule has 0 aromatic carbocycles. The highest BCUT2D eigenvalue weighted by molar-refractivity contribution is 8.00. The molecule has 1 aromatic rings. The molecule has 30 heavy (non-hydrogen) atoms. The molecule has 160 valence electrons. The number of fused-ring (bicyclic) bond motifs is 1. The van der Waals surface area contributed by atoms with Gasteiger partial charge in [-0.3, -0.25) is 19.3 Å². The van der Waals surface area contributed by atoms with E-state index in [1.807, 2.05) is 0 Å². The van der Waals surface area contributed by atoms with Crippen LogP contribution >= 0.6 is 23.1 Å². The molecule has 0 radical (unpaired) electrons. The topological polar surface area (TPSA) is 161 Å². The first-order chi connectivity index (χ1) is 14.2. The fourth-order valence-electron chi connectivity index (χ4n) is 2.99. The lowest BCUT2D eigenvalue weighted by atomic mass is 10.0. The number of oxime groups is 1. The van der Waals surface area contributed by atoms with Crippen molar-refractivity contribution in [1.82, 2.24) is 10.2 Å². The van der Waals surface area contributed by atoms with Gasteiger partial charge in [0.2, 0.25) is 0 Å². The number of aliphatic carboxylic acids is 1. The van der Waals surface area contributed by atoms with Gasteiger partial charge in [0.25, 0.3) is 11.8 Å². The van der Waals surface area contributed by atoms with Gasteiger partial charge >= 0.3 is 11.9 Å². The van der Waals surface area contributed by atoms with Crippen LogP contribution in [-0.2, 0) is 28.8 Å². The molecule has 2 aliphatic heterocycles. The van der Waals surface area contributed by atoms with Crippen LogP contribution in [0.3, 0.4) is 0 Å². The standard InChI is InChI=1S/C17H18N4O7S2/c1-7(22)28-4-9-6-30-16-12(15(24)21(16)13(9)17(25)26)19-14(23)11(20-27-2)8-3-10(18)29-5-8/h3,5,12,16H,4,6,18H2,1-2H3,(H,19,23)(H,25,26)/b20-11-/t12-,16+/m0/s1. The Balaban J connectivity index is 1.77. The molecule has 0 unspecified atom stereocenters. The molecule has 1 aromatic heterocycles. The maximum absolute atomic E-state index is 12.7. The molecular formula is C17H18N4O7S2. The third-order valence-corrected chi connectivity index (χ3v) is 6.38. The number of nitrogens with two attached hydrogens (primary N) is 1. The molecule has 0 bridgehead atoms. The van der Waals surface area contributed by atoms with Crippen LogP contribution in [0.1, 0.15) is 12.5 Å². The second-order valence-electron chi connectivity index (χ2n) is 6.26. The smallest absolute Gasteiger partial charge is 0.352 e. The summed E-state index contributed by atoms with van der Waals surface area (Å²) >= 11 is 2.48. The number of carboxylic acid groups (broad SMARTS) is 1. The van der Waals surface area contributed by atoms with Crippen LogP contribution in [0.25, 0.3) is 0 Å². The number of hydrogen-bond donors (Lipinski definition) is 3. The number of carbonyl (C=O) groups is 4. The molecule has 13 heteroatoms. The molecule has 2 amide bonds. The number of nitrogens with zero attached hydrogens (tertiary/aromatic N) is 2. The largest absolute Gasteiger partial charge is 0.477 e. The van der Waals surface area contributed by atoms with Crippen molar-refractivity contribution in [2.24, 2.45) is 5.16 Å². The summed E-state index contributed by atoms with van der Waals surface area (Å²) in [7, 11) is 1.28. The number of esters is 1. The van der Waals surface area contributed by atoms with Crippen molar-refractivity contribution in [3.05, 3.63) is 28.3 Å². The molecule has 0 saturated carbocycles. The maximum atomic E-state index is 12.7. The summed E-state index contributed by atoms with van der Waals surface area (Å²) in [5, 5.41) is 17.4. The monoisotopic (exact) mass is 454 g/mol. The highest BCUT2D eigenvalue weighted by Crippen LogP contribution is 2.40. The number of anilines is 1. The lowest BCUT2D eigenvalue weighted by molar-refractivity contribution is -0.150. The maximum Gasteiger partial charge on any atom is 0.352 e. The molecule has 3 heterocycles. The van der Waals surface area contributed by atoms with Gasteiger partial charge in [-0.1, -0.05) is 5.16 Å². The Morgan fingerprint density at radius 1 is 1.43 bits per heavy atom. The number of thioether (sulfide) groups is 1. The third-order valence-electron chi connectivity index (χ3n) is 4.28. The quantitative estimate of drug-likeness (QED) is 0.223. The van der Waals surface area contributed by atoms with E-state index in [4.69, 9.17) is 15.3 Å². The zero-order valence-corrected chi connectivity index (χ0v) is 17.5. The lowest BCUT2D eigenvalue weighted by Crippen LogP contribution is -2.71. The van der Waals surface area contributed by atoms with Gasteiger partial charge in [0, 0.05) is 29.2 Å². The molecule has 1 saturated heterocycles.